The summed E-state index contributed by atoms with van der Waals surface area (Å²) in [5.41, 5.74) is 6.76. The third kappa shape index (κ3) is 6.77. The lowest BCUT2D eigenvalue weighted by Gasteiger charge is -2.14. The average molecular weight is 335 g/mol. The van der Waals surface area contributed by atoms with Crippen LogP contribution in [0.2, 0.25) is 0 Å². The Morgan fingerprint density at radius 1 is 1.26 bits per heavy atom. The number of hydrogen-bond donors (Lipinski definition) is 1. The van der Waals surface area contributed by atoms with E-state index in [1.165, 1.54) is 19.8 Å². The van der Waals surface area contributed by atoms with Crippen molar-refractivity contribution in [2.45, 2.75) is 65.3 Å². The van der Waals surface area contributed by atoms with E-state index in [2.05, 4.69) is 4.74 Å². The van der Waals surface area contributed by atoms with Crippen molar-refractivity contribution in [3.63, 3.8) is 0 Å². The highest BCUT2D eigenvalue weighted by Crippen LogP contribution is 2.34. The van der Waals surface area contributed by atoms with E-state index in [1.807, 2.05) is 13.8 Å². The number of nitrogens with two attached hydrogens (primary N) is 1. The summed E-state index contributed by atoms with van der Waals surface area (Å²) in [7, 11) is 0. The molecule has 1 aliphatic rings. The zero-order valence-electron chi connectivity index (χ0n) is 13.8. The molecule has 1 aromatic carbocycles. The van der Waals surface area contributed by atoms with E-state index in [0.29, 0.717) is 17.9 Å². The predicted octanol–water partition coefficient (Wildman–Crippen LogP) is 5.12. The summed E-state index contributed by atoms with van der Waals surface area (Å²) >= 11 is 0. The quantitative estimate of drug-likeness (QED) is 0.732. The lowest BCUT2D eigenvalue weighted by Crippen LogP contribution is -2.22. The van der Waals surface area contributed by atoms with Crippen molar-refractivity contribution in [2.24, 2.45) is 11.7 Å². The molecule has 0 saturated heterocycles. The maximum atomic E-state index is 13.6. The van der Waals surface area contributed by atoms with E-state index in [4.69, 9.17) is 5.73 Å². The fraction of sp³-hybridized carbons (Fsp3) is 0.647. The molecular weight excluding hydrogens is 310 g/mol. The normalized spacial score (nSPS) is 15.7. The van der Waals surface area contributed by atoms with Gasteiger partial charge in [0.1, 0.15) is 0 Å². The molecule has 1 aliphatic carbocycles. The molecule has 0 aliphatic heterocycles. The van der Waals surface area contributed by atoms with Crippen molar-refractivity contribution in [1.82, 2.24) is 0 Å². The summed E-state index contributed by atoms with van der Waals surface area (Å²) in [6, 6.07) is 2.84. The van der Waals surface area contributed by atoms with Crippen LogP contribution in [0.5, 0.6) is 5.75 Å². The summed E-state index contributed by atoms with van der Waals surface area (Å²) in [6.45, 7) is 5.43. The molecule has 0 bridgehead atoms. The molecule has 1 atom stereocenters. The van der Waals surface area contributed by atoms with Crippen LogP contribution in [0.3, 0.4) is 0 Å². The topological polar surface area (TPSA) is 35.2 Å². The number of halogens is 4. The first kappa shape index (κ1) is 19.7. The first-order chi connectivity index (χ1) is 10.8. The zero-order chi connectivity index (χ0) is 17.6. The van der Waals surface area contributed by atoms with E-state index >= 15 is 0 Å². The molecule has 1 fully saturated rings. The Hall–Kier alpha value is -1.30. The monoisotopic (exact) mass is 335 g/mol. The van der Waals surface area contributed by atoms with Crippen LogP contribution in [0, 0.1) is 18.7 Å². The van der Waals surface area contributed by atoms with E-state index in [-0.39, 0.29) is 11.6 Å². The minimum Gasteiger partial charge on any atom is -0.403 e. The molecule has 1 unspecified atom stereocenters. The fourth-order valence-electron chi connectivity index (χ4n) is 2.45. The smallest absolute Gasteiger partial charge is 0.403 e. The summed E-state index contributed by atoms with van der Waals surface area (Å²) in [5.74, 6) is -1.13. The van der Waals surface area contributed by atoms with Crippen molar-refractivity contribution in [3.05, 3.63) is 29.1 Å². The lowest BCUT2D eigenvalue weighted by molar-refractivity contribution is -0.275. The number of rotatable bonds is 6. The van der Waals surface area contributed by atoms with Crippen molar-refractivity contribution < 1.29 is 22.3 Å². The first-order valence-corrected chi connectivity index (χ1v) is 8.06. The van der Waals surface area contributed by atoms with E-state index in [1.54, 1.807) is 6.07 Å². The molecule has 132 valence electrons. The largest absolute Gasteiger partial charge is 0.573 e. The van der Waals surface area contributed by atoms with Crippen molar-refractivity contribution >= 4 is 0 Å². The summed E-state index contributed by atoms with van der Waals surface area (Å²) in [5, 5.41) is 0. The van der Waals surface area contributed by atoms with Gasteiger partial charge in [-0.1, -0.05) is 19.9 Å². The van der Waals surface area contributed by atoms with Gasteiger partial charge >= 0.3 is 6.36 Å². The molecule has 2 nitrogen and oxygen atoms in total. The van der Waals surface area contributed by atoms with Crippen LogP contribution in [0.1, 0.15) is 50.7 Å². The van der Waals surface area contributed by atoms with Gasteiger partial charge in [0.05, 0.1) is 0 Å². The molecule has 0 aromatic heterocycles. The van der Waals surface area contributed by atoms with Crippen LogP contribution < -0.4 is 10.5 Å². The van der Waals surface area contributed by atoms with Crippen LogP contribution in [0.25, 0.3) is 0 Å². The fourth-order valence-corrected chi connectivity index (χ4v) is 2.45. The SMILES string of the molecule is CC.Cc1cc(CCCC(N)C2CC2)cc(OC(F)(F)F)c1F. The van der Waals surface area contributed by atoms with Gasteiger partial charge in [-0.3, -0.25) is 0 Å². The second kappa shape index (κ2) is 8.52. The summed E-state index contributed by atoms with van der Waals surface area (Å²) < 4.78 is 54.1. The number of benzene rings is 1. The Kier molecular flexibility index (Phi) is 7.32. The molecule has 1 saturated carbocycles. The van der Waals surface area contributed by atoms with Crippen LogP contribution >= 0.6 is 0 Å². The van der Waals surface area contributed by atoms with Gasteiger partial charge in [0.2, 0.25) is 0 Å². The van der Waals surface area contributed by atoms with E-state index in [0.717, 1.165) is 18.9 Å². The molecule has 2 N–H and O–H groups in total. The van der Waals surface area contributed by atoms with Gasteiger partial charge in [0, 0.05) is 6.04 Å². The minimum absolute atomic E-state index is 0.151. The van der Waals surface area contributed by atoms with Crippen LogP contribution in [-0.4, -0.2) is 12.4 Å². The standard InChI is InChI=1S/C15H19F4NO.C2H6/c1-9-7-10(3-2-4-12(20)11-5-6-11)8-13(14(9)16)21-15(17,18)19;1-2/h7-8,11-12H,2-6,20H2,1H3;1-2H3. The molecule has 0 heterocycles. The lowest BCUT2D eigenvalue weighted by atomic mass is 10.0. The Morgan fingerprint density at radius 3 is 2.39 bits per heavy atom. The molecule has 6 heteroatoms. The molecule has 0 radical (unpaired) electrons. The summed E-state index contributed by atoms with van der Waals surface area (Å²) in [4.78, 5) is 0. The van der Waals surface area contributed by atoms with Gasteiger partial charge in [0.25, 0.3) is 0 Å². The van der Waals surface area contributed by atoms with Gasteiger partial charge < -0.3 is 10.5 Å². The van der Waals surface area contributed by atoms with Crippen LogP contribution in [0.4, 0.5) is 17.6 Å². The zero-order valence-corrected chi connectivity index (χ0v) is 13.8. The summed E-state index contributed by atoms with van der Waals surface area (Å²) in [6.07, 6.45) is -0.387. The van der Waals surface area contributed by atoms with E-state index < -0.39 is 17.9 Å². The first-order valence-electron chi connectivity index (χ1n) is 8.06. The second-order valence-electron chi connectivity index (χ2n) is 5.67. The maximum Gasteiger partial charge on any atom is 0.573 e. The van der Waals surface area contributed by atoms with Gasteiger partial charge in [-0.15, -0.1) is 13.2 Å². The highest BCUT2D eigenvalue weighted by Gasteiger charge is 2.33. The van der Waals surface area contributed by atoms with Crippen molar-refractivity contribution in [1.29, 1.82) is 0 Å². The van der Waals surface area contributed by atoms with Crippen LogP contribution in [0.15, 0.2) is 12.1 Å². The third-order valence-electron chi connectivity index (χ3n) is 3.74. The number of ether oxygens (including phenoxy) is 1. The van der Waals surface area contributed by atoms with Gasteiger partial charge in [-0.2, -0.15) is 0 Å². The molecule has 0 spiro atoms. The Bertz CT molecular complexity index is 498. The molecule has 0 amide bonds. The second-order valence-corrected chi connectivity index (χ2v) is 5.67. The van der Waals surface area contributed by atoms with Gasteiger partial charge in [0.15, 0.2) is 11.6 Å². The number of hydrogen-bond acceptors (Lipinski definition) is 2. The van der Waals surface area contributed by atoms with Gasteiger partial charge in [-0.25, -0.2) is 4.39 Å². The Labute approximate surface area is 135 Å². The molecule has 23 heavy (non-hydrogen) atoms. The predicted molar refractivity (Wildman–Crippen MR) is 82.8 cm³/mol. The number of aryl methyl sites for hydroxylation is 2. The molecule has 2 rings (SSSR count). The van der Waals surface area contributed by atoms with Crippen LogP contribution in [-0.2, 0) is 6.42 Å². The molecule has 1 aromatic rings. The highest BCUT2D eigenvalue weighted by molar-refractivity contribution is 5.36. The maximum absolute atomic E-state index is 13.6. The van der Waals surface area contributed by atoms with Crippen molar-refractivity contribution in [3.8, 4) is 5.75 Å². The van der Waals surface area contributed by atoms with E-state index in [9.17, 15) is 17.6 Å². The average Bonchev–Trinajstić information content (AvgIpc) is 3.29. The Morgan fingerprint density at radius 2 is 1.87 bits per heavy atom. The van der Waals surface area contributed by atoms with Crippen molar-refractivity contribution in [2.75, 3.05) is 0 Å². The number of alkyl halides is 3. The minimum atomic E-state index is -4.89. The third-order valence-corrected chi connectivity index (χ3v) is 3.74. The highest BCUT2D eigenvalue weighted by atomic mass is 19.4. The molecular formula is C17H25F4NO. The van der Waals surface area contributed by atoms with Gasteiger partial charge in [-0.05, 0) is 62.1 Å². The Balaban J connectivity index is 0.00000127.